The number of aliphatic hydroxyl groups is 1. The van der Waals surface area contributed by atoms with Gasteiger partial charge in [-0.1, -0.05) is 26.7 Å². The number of hydrogen-bond acceptors (Lipinski definition) is 1. The average Bonchev–Trinajstić information content (AvgIpc) is 2.41. The molecule has 1 heteroatoms. The molecule has 16 heavy (non-hydrogen) atoms. The van der Waals surface area contributed by atoms with Crippen molar-refractivity contribution in [1.82, 2.24) is 0 Å². The molecule has 1 nitrogen and oxygen atoms in total. The van der Waals surface area contributed by atoms with Crippen molar-refractivity contribution in [2.75, 3.05) is 0 Å². The molecule has 1 rings (SSSR count). The average molecular weight is 222 g/mol. The molecule has 92 valence electrons. The summed E-state index contributed by atoms with van der Waals surface area (Å²) in [6.45, 7) is 4.60. The fourth-order valence-corrected chi connectivity index (χ4v) is 2.85. The Hall–Kier alpha value is -0.480. The Balaban J connectivity index is 2.41. The van der Waals surface area contributed by atoms with Crippen LogP contribution in [0.15, 0.2) is 0 Å². The van der Waals surface area contributed by atoms with Crippen molar-refractivity contribution in [3.63, 3.8) is 0 Å². The highest BCUT2D eigenvalue weighted by Gasteiger charge is 2.30. The Morgan fingerprint density at radius 2 is 2.12 bits per heavy atom. The standard InChI is InChI=1S/C15H26O/c1-4-5-6-10-15(16)11-7-8-14(9-12-15)13(2)3/h1,13-14,16H,5-12H2,2-3H3. The monoisotopic (exact) mass is 222 g/mol. The summed E-state index contributed by atoms with van der Waals surface area (Å²) in [6.07, 6.45) is 13.5. The fraction of sp³-hybridized carbons (Fsp3) is 0.867. The second kappa shape index (κ2) is 6.30. The summed E-state index contributed by atoms with van der Waals surface area (Å²) in [4.78, 5) is 0. The van der Waals surface area contributed by atoms with Gasteiger partial charge >= 0.3 is 0 Å². The Morgan fingerprint density at radius 1 is 1.38 bits per heavy atom. The van der Waals surface area contributed by atoms with Crippen molar-refractivity contribution in [2.45, 2.75) is 70.8 Å². The van der Waals surface area contributed by atoms with Crippen LogP contribution in [0.4, 0.5) is 0 Å². The van der Waals surface area contributed by atoms with E-state index >= 15 is 0 Å². The first-order valence-corrected chi connectivity index (χ1v) is 6.73. The van der Waals surface area contributed by atoms with Gasteiger partial charge in [-0.05, 0) is 43.9 Å². The third-order valence-corrected chi connectivity index (χ3v) is 4.10. The number of hydrogen-bond donors (Lipinski definition) is 1. The first kappa shape index (κ1) is 13.6. The van der Waals surface area contributed by atoms with Crippen molar-refractivity contribution < 1.29 is 5.11 Å². The molecule has 0 saturated heterocycles. The maximum Gasteiger partial charge on any atom is 0.0648 e. The molecule has 0 aromatic carbocycles. The number of unbranched alkanes of at least 4 members (excludes halogenated alkanes) is 1. The van der Waals surface area contributed by atoms with E-state index in [1.807, 2.05) is 0 Å². The van der Waals surface area contributed by atoms with Gasteiger partial charge in [0.25, 0.3) is 0 Å². The van der Waals surface area contributed by atoms with E-state index in [9.17, 15) is 5.11 Å². The molecule has 0 aromatic heterocycles. The van der Waals surface area contributed by atoms with E-state index in [0.29, 0.717) is 0 Å². The fourth-order valence-electron chi connectivity index (χ4n) is 2.85. The Labute approximate surface area is 101 Å². The van der Waals surface area contributed by atoms with Crippen LogP contribution in [0.2, 0.25) is 0 Å². The first-order chi connectivity index (χ1) is 7.57. The smallest absolute Gasteiger partial charge is 0.0648 e. The molecule has 1 aliphatic carbocycles. The maximum absolute atomic E-state index is 10.5. The van der Waals surface area contributed by atoms with Crippen molar-refractivity contribution in [1.29, 1.82) is 0 Å². The molecule has 0 spiro atoms. The summed E-state index contributed by atoms with van der Waals surface area (Å²) >= 11 is 0. The predicted octanol–water partition coefficient (Wildman–Crippen LogP) is 3.76. The lowest BCUT2D eigenvalue weighted by molar-refractivity contribution is 0.0135. The lowest BCUT2D eigenvalue weighted by atomic mass is 9.86. The Kier molecular flexibility index (Phi) is 5.35. The van der Waals surface area contributed by atoms with Gasteiger partial charge in [-0.25, -0.2) is 0 Å². The zero-order valence-corrected chi connectivity index (χ0v) is 10.8. The molecule has 1 saturated carbocycles. The summed E-state index contributed by atoms with van der Waals surface area (Å²) < 4.78 is 0. The van der Waals surface area contributed by atoms with Crippen molar-refractivity contribution in [2.24, 2.45) is 11.8 Å². The SMILES string of the molecule is C#CCCCC1(O)CCCC(C(C)C)CC1. The molecule has 2 unspecified atom stereocenters. The molecule has 0 heterocycles. The molecule has 0 aromatic rings. The van der Waals surface area contributed by atoms with Gasteiger partial charge in [0.2, 0.25) is 0 Å². The van der Waals surface area contributed by atoms with Gasteiger partial charge in [0.15, 0.2) is 0 Å². The highest BCUT2D eigenvalue weighted by atomic mass is 16.3. The van der Waals surface area contributed by atoms with E-state index in [1.54, 1.807) is 0 Å². The summed E-state index contributed by atoms with van der Waals surface area (Å²) in [5, 5.41) is 10.5. The minimum Gasteiger partial charge on any atom is -0.390 e. The van der Waals surface area contributed by atoms with Crippen LogP contribution in [-0.2, 0) is 0 Å². The molecule has 0 bridgehead atoms. The van der Waals surface area contributed by atoms with Gasteiger partial charge in [-0.15, -0.1) is 12.3 Å². The van der Waals surface area contributed by atoms with E-state index in [1.165, 1.54) is 19.3 Å². The predicted molar refractivity (Wildman–Crippen MR) is 69.0 cm³/mol. The van der Waals surface area contributed by atoms with Crippen molar-refractivity contribution in [3.8, 4) is 12.3 Å². The zero-order chi connectivity index (χ0) is 12.0. The normalized spacial score (nSPS) is 31.1. The quantitative estimate of drug-likeness (QED) is 0.436. The van der Waals surface area contributed by atoms with E-state index in [2.05, 4.69) is 19.8 Å². The number of rotatable bonds is 4. The van der Waals surface area contributed by atoms with Crippen LogP contribution in [-0.4, -0.2) is 10.7 Å². The van der Waals surface area contributed by atoms with Gasteiger partial charge in [-0.2, -0.15) is 0 Å². The summed E-state index contributed by atoms with van der Waals surface area (Å²) in [6, 6.07) is 0. The third kappa shape index (κ3) is 4.18. The van der Waals surface area contributed by atoms with Crippen LogP contribution >= 0.6 is 0 Å². The minimum absolute atomic E-state index is 0.416. The lowest BCUT2D eigenvalue weighted by Crippen LogP contribution is -2.27. The van der Waals surface area contributed by atoms with E-state index in [0.717, 1.165) is 43.9 Å². The minimum atomic E-state index is -0.416. The summed E-state index contributed by atoms with van der Waals surface area (Å²) in [5.74, 6) is 4.22. The van der Waals surface area contributed by atoms with Crippen molar-refractivity contribution >= 4 is 0 Å². The van der Waals surface area contributed by atoms with E-state index in [4.69, 9.17) is 6.42 Å². The molecule has 0 amide bonds. The molecule has 0 aliphatic heterocycles. The Morgan fingerprint density at radius 3 is 2.75 bits per heavy atom. The first-order valence-electron chi connectivity index (χ1n) is 6.73. The second-order valence-electron chi connectivity index (χ2n) is 5.72. The van der Waals surface area contributed by atoms with Crippen LogP contribution < -0.4 is 0 Å². The van der Waals surface area contributed by atoms with Gasteiger partial charge < -0.3 is 5.11 Å². The van der Waals surface area contributed by atoms with Gasteiger partial charge in [0, 0.05) is 6.42 Å². The highest BCUT2D eigenvalue weighted by Crippen LogP contribution is 2.36. The topological polar surface area (TPSA) is 20.2 Å². The van der Waals surface area contributed by atoms with Crippen LogP contribution in [0.25, 0.3) is 0 Å². The van der Waals surface area contributed by atoms with Crippen LogP contribution in [0.1, 0.15) is 65.2 Å². The lowest BCUT2D eigenvalue weighted by Gasteiger charge is -2.26. The third-order valence-electron chi connectivity index (χ3n) is 4.10. The van der Waals surface area contributed by atoms with Crippen LogP contribution in [0, 0.1) is 24.2 Å². The molecule has 1 N–H and O–H groups in total. The molecule has 1 aliphatic rings. The van der Waals surface area contributed by atoms with Crippen LogP contribution in [0.5, 0.6) is 0 Å². The van der Waals surface area contributed by atoms with Crippen molar-refractivity contribution in [3.05, 3.63) is 0 Å². The van der Waals surface area contributed by atoms with Crippen LogP contribution in [0.3, 0.4) is 0 Å². The Bertz CT molecular complexity index is 238. The van der Waals surface area contributed by atoms with Gasteiger partial charge in [0.05, 0.1) is 5.60 Å². The molecule has 1 fully saturated rings. The second-order valence-corrected chi connectivity index (χ2v) is 5.72. The zero-order valence-electron chi connectivity index (χ0n) is 10.8. The largest absolute Gasteiger partial charge is 0.390 e. The maximum atomic E-state index is 10.5. The summed E-state index contributed by atoms with van der Waals surface area (Å²) in [7, 11) is 0. The molecule has 0 radical (unpaired) electrons. The van der Waals surface area contributed by atoms with Gasteiger partial charge in [0.1, 0.15) is 0 Å². The van der Waals surface area contributed by atoms with E-state index < -0.39 is 5.60 Å². The molecule has 2 atom stereocenters. The molecular weight excluding hydrogens is 196 g/mol. The summed E-state index contributed by atoms with van der Waals surface area (Å²) in [5.41, 5.74) is -0.416. The highest BCUT2D eigenvalue weighted by molar-refractivity contribution is 4.88. The molecular formula is C15H26O. The van der Waals surface area contributed by atoms with Gasteiger partial charge in [-0.3, -0.25) is 0 Å². The number of terminal acetylenes is 1. The van der Waals surface area contributed by atoms with E-state index in [-0.39, 0.29) is 0 Å².